The van der Waals surface area contributed by atoms with Gasteiger partial charge in [0.2, 0.25) is 0 Å². The van der Waals surface area contributed by atoms with Gasteiger partial charge >= 0.3 is 18.5 Å². The fourth-order valence-electron chi connectivity index (χ4n) is 1.53. The number of ether oxygens (including phenoxy) is 1. The zero-order valence-corrected chi connectivity index (χ0v) is 11.1. The molecule has 0 saturated carbocycles. The van der Waals surface area contributed by atoms with E-state index in [9.17, 15) is 43.9 Å². The Hall–Kier alpha value is -0.780. The molecule has 0 heterocycles. The third-order valence-electron chi connectivity index (χ3n) is 3.12. The largest absolute Gasteiger partial charge is 0.428 e. The van der Waals surface area contributed by atoms with Crippen molar-refractivity contribution in [3.63, 3.8) is 0 Å². The highest BCUT2D eigenvalue weighted by Crippen LogP contribution is 2.49. The van der Waals surface area contributed by atoms with Crippen molar-refractivity contribution in [3.8, 4) is 0 Å². The maximum Gasteiger partial charge on any atom is 0.428 e. The van der Waals surface area contributed by atoms with Gasteiger partial charge in [-0.2, -0.15) is 35.1 Å². The highest BCUT2D eigenvalue weighted by Gasteiger charge is 2.70. The molecule has 3 atom stereocenters. The van der Waals surface area contributed by atoms with Crippen molar-refractivity contribution >= 4 is 0 Å². The predicted octanol–water partition coefficient (Wildman–Crippen LogP) is 3.93. The van der Waals surface area contributed by atoms with Crippen LogP contribution in [-0.4, -0.2) is 47.6 Å². The third kappa shape index (κ3) is 3.76. The van der Waals surface area contributed by atoms with Crippen LogP contribution in [0.1, 0.15) is 20.3 Å². The van der Waals surface area contributed by atoms with Gasteiger partial charge in [0.05, 0.1) is 6.61 Å². The standard InChI is InChI=1S/C10H12F10O2/c1-3-6(2,7(12,4-21)10(18,19)20)22-9(16,17)5(11)8(13,14)15/h5,21H,3-4H2,1-2H3. The molecule has 0 aliphatic rings. The zero-order chi connectivity index (χ0) is 18.2. The van der Waals surface area contributed by atoms with Crippen molar-refractivity contribution in [2.24, 2.45) is 0 Å². The minimum absolute atomic E-state index is 0.0632. The molecule has 134 valence electrons. The maximum atomic E-state index is 13.9. The summed E-state index contributed by atoms with van der Waals surface area (Å²) in [6.07, 6.45) is -24.1. The summed E-state index contributed by atoms with van der Waals surface area (Å²) in [6, 6.07) is 0. The van der Waals surface area contributed by atoms with Crippen LogP contribution in [0.25, 0.3) is 0 Å². The average molecular weight is 354 g/mol. The molecule has 1 N–H and O–H groups in total. The van der Waals surface area contributed by atoms with Crippen molar-refractivity contribution in [2.75, 3.05) is 6.61 Å². The average Bonchev–Trinajstić information content (AvgIpc) is 2.33. The molecule has 0 aliphatic heterocycles. The van der Waals surface area contributed by atoms with Crippen LogP contribution in [0.2, 0.25) is 0 Å². The second-order valence-corrected chi connectivity index (χ2v) is 4.61. The van der Waals surface area contributed by atoms with Crippen molar-refractivity contribution in [1.29, 1.82) is 0 Å². The lowest BCUT2D eigenvalue weighted by atomic mass is 9.83. The van der Waals surface area contributed by atoms with Gasteiger partial charge in [-0.1, -0.05) is 6.92 Å². The first-order chi connectivity index (χ1) is 9.48. The van der Waals surface area contributed by atoms with Gasteiger partial charge < -0.3 is 9.84 Å². The smallest absolute Gasteiger partial charge is 0.393 e. The quantitative estimate of drug-likeness (QED) is 0.733. The fourth-order valence-corrected chi connectivity index (χ4v) is 1.53. The van der Waals surface area contributed by atoms with Gasteiger partial charge in [0.25, 0.3) is 11.8 Å². The number of halogens is 10. The summed E-state index contributed by atoms with van der Waals surface area (Å²) in [5, 5.41) is 8.55. The molecular formula is C10H12F10O2. The monoisotopic (exact) mass is 354 g/mol. The Kier molecular flexibility index (Phi) is 5.81. The number of alkyl halides is 10. The van der Waals surface area contributed by atoms with Crippen LogP contribution in [0.3, 0.4) is 0 Å². The summed E-state index contributed by atoms with van der Waals surface area (Å²) in [5.74, 6) is 0. The molecule has 0 spiro atoms. The molecule has 0 rings (SSSR count). The van der Waals surface area contributed by atoms with Gasteiger partial charge in [0.15, 0.2) is 0 Å². The van der Waals surface area contributed by atoms with Crippen LogP contribution >= 0.6 is 0 Å². The molecule has 0 aromatic carbocycles. The molecule has 0 amide bonds. The molecule has 0 fully saturated rings. The van der Waals surface area contributed by atoms with Crippen LogP contribution in [-0.2, 0) is 4.74 Å². The fraction of sp³-hybridized carbons (Fsp3) is 1.00. The molecule has 0 aliphatic carbocycles. The number of rotatable bonds is 6. The Balaban J connectivity index is 5.77. The lowest BCUT2D eigenvalue weighted by molar-refractivity contribution is -0.401. The Labute approximate surface area is 118 Å². The molecule has 0 aromatic rings. The van der Waals surface area contributed by atoms with Gasteiger partial charge in [-0.05, 0) is 13.3 Å². The second-order valence-electron chi connectivity index (χ2n) is 4.61. The molecular weight excluding hydrogens is 342 g/mol. The highest BCUT2D eigenvalue weighted by atomic mass is 19.4. The Morgan fingerprint density at radius 1 is 0.955 bits per heavy atom. The first kappa shape index (κ1) is 21.2. The molecule has 12 heteroatoms. The number of aliphatic hydroxyl groups excluding tert-OH is 1. The number of hydrogen-bond donors (Lipinski definition) is 1. The summed E-state index contributed by atoms with van der Waals surface area (Å²) in [5.41, 5.74) is -8.50. The Morgan fingerprint density at radius 2 is 1.36 bits per heavy atom. The van der Waals surface area contributed by atoms with E-state index in [1.807, 2.05) is 0 Å². The molecule has 0 radical (unpaired) electrons. The summed E-state index contributed by atoms with van der Waals surface area (Å²) in [4.78, 5) is 0. The number of hydrogen-bond acceptors (Lipinski definition) is 2. The summed E-state index contributed by atoms with van der Waals surface area (Å²) in [6.45, 7) is -1.65. The minimum Gasteiger partial charge on any atom is -0.393 e. The Bertz CT molecular complexity index is 379. The SMILES string of the molecule is CCC(C)(OC(F)(F)C(F)C(F)(F)F)C(F)(CO)C(F)(F)F. The lowest BCUT2D eigenvalue weighted by Gasteiger charge is -2.43. The van der Waals surface area contributed by atoms with E-state index in [0.29, 0.717) is 6.92 Å². The molecule has 0 saturated heterocycles. The minimum atomic E-state index is -6.14. The highest BCUT2D eigenvalue weighted by molar-refractivity contribution is 5.04. The molecule has 0 bridgehead atoms. The lowest BCUT2D eigenvalue weighted by Crippen LogP contribution is -2.64. The molecule has 22 heavy (non-hydrogen) atoms. The first-order valence-electron chi connectivity index (χ1n) is 5.64. The predicted molar refractivity (Wildman–Crippen MR) is 52.7 cm³/mol. The van der Waals surface area contributed by atoms with E-state index in [4.69, 9.17) is 5.11 Å². The van der Waals surface area contributed by atoms with E-state index in [2.05, 4.69) is 4.74 Å². The van der Waals surface area contributed by atoms with Gasteiger partial charge in [-0.25, -0.2) is 8.78 Å². The van der Waals surface area contributed by atoms with E-state index in [0.717, 1.165) is 0 Å². The van der Waals surface area contributed by atoms with E-state index < -0.39 is 48.9 Å². The number of aliphatic hydroxyl groups is 1. The summed E-state index contributed by atoms with van der Waals surface area (Å²) >= 11 is 0. The van der Waals surface area contributed by atoms with Crippen LogP contribution in [0, 0.1) is 0 Å². The van der Waals surface area contributed by atoms with Gasteiger partial charge in [0.1, 0.15) is 5.60 Å². The van der Waals surface area contributed by atoms with Crippen LogP contribution in [0.15, 0.2) is 0 Å². The van der Waals surface area contributed by atoms with Crippen LogP contribution < -0.4 is 0 Å². The van der Waals surface area contributed by atoms with Gasteiger partial charge in [-0.3, -0.25) is 0 Å². The van der Waals surface area contributed by atoms with E-state index in [-0.39, 0.29) is 6.92 Å². The van der Waals surface area contributed by atoms with Crippen molar-refractivity contribution in [3.05, 3.63) is 0 Å². The summed E-state index contributed by atoms with van der Waals surface area (Å²) in [7, 11) is 0. The van der Waals surface area contributed by atoms with Crippen LogP contribution in [0.4, 0.5) is 43.9 Å². The van der Waals surface area contributed by atoms with Crippen molar-refractivity contribution < 1.29 is 53.7 Å². The van der Waals surface area contributed by atoms with Crippen molar-refractivity contribution in [1.82, 2.24) is 0 Å². The first-order valence-corrected chi connectivity index (χ1v) is 5.64. The normalized spacial score (nSPS) is 21.1. The molecule has 0 aromatic heterocycles. The Morgan fingerprint density at radius 3 is 1.59 bits per heavy atom. The van der Waals surface area contributed by atoms with E-state index in [1.165, 1.54) is 0 Å². The summed E-state index contributed by atoms with van der Waals surface area (Å²) < 4.78 is 130. The zero-order valence-electron chi connectivity index (χ0n) is 11.1. The van der Waals surface area contributed by atoms with E-state index >= 15 is 0 Å². The molecule has 3 unspecified atom stereocenters. The maximum absolute atomic E-state index is 13.9. The van der Waals surface area contributed by atoms with Gasteiger partial charge in [-0.15, -0.1) is 0 Å². The van der Waals surface area contributed by atoms with Gasteiger partial charge in [0, 0.05) is 0 Å². The van der Waals surface area contributed by atoms with Crippen molar-refractivity contribution in [2.45, 2.75) is 56.2 Å². The second kappa shape index (κ2) is 6.02. The molecule has 2 nitrogen and oxygen atoms in total. The topological polar surface area (TPSA) is 29.5 Å². The third-order valence-corrected chi connectivity index (χ3v) is 3.12. The van der Waals surface area contributed by atoms with E-state index in [1.54, 1.807) is 0 Å². The van der Waals surface area contributed by atoms with Crippen LogP contribution in [0.5, 0.6) is 0 Å².